The van der Waals surface area contributed by atoms with E-state index in [2.05, 4.69) is 20.8 Å². The van der Waals surface area contributed by atoms with E-state index in [4.69, 9.17) is 0 Å². The maximum absolute atomic E-state index is 2.41. The van der Waals surface area contributed by atoms with Gasteiger partial charge in [0.25, 0.3) is 0 Å². The molecule has 0 bridgehead atoms. The monoisotopic (exact) mass is 182 g/mol. The third kappa shape index (κ3) is 4.69. The quantitative estimate of drug-likeness (QED) is 0.503. The van der Waals surface area contributed by atoms with Crippen molar-refractivity contribution in [1.82, 2.24) is 0 Å². The van der Waals surface area contributed by atoms with Gasteiger partial charge in [0.2, 0.25) is 0 Å². The molecule has 1 aliphatic carbocycles. The molecule has 0 aliphatic heterocycles. The molecule has 0 amide bonds. The van der Waals surface area contributed by atoms with Crippen LogP contribution in [-0.4, -0.2) is 0 Å². The van der Waals surface area contributed by atoms with Gasteiger partial charge in [0.05, 0.1) is 0 Å². The van der Waals surface area contributed by atoms with Crippen LogP contribution in [-0.2, 0) is 0 Å². The minimum Gasteiger partial charge on any atom is -0.0654 e. The van der Waals surface area contributed by atoms with E-state index in [-0.39, 0.29) is 0 Å². The highest BCUT2D eigenvalue weighted by molar-refractivity contribution is 4.81. The summed E-state index contributed by atoms with van der Waals surface area (Å²) in [7, 11) is 0. The average Bonchev–Trinajstić information content (AvgIpc) is 2.77. The maximum atomic E-state index is 2.41. The fourth-order valence-corrected chi connectivity index (χ4v) is 2.34. The lowest BCUT2D eigenvalue weighted by Gasteiger charge is -2.08. The Morgan fingerprint density at radius 3 is 2.46 bits per heavy atom. The molecule has 0 aromatic heterocycles. The van der Waals surface area contributed by atoms with Gasteiger partial charge in [-0.3, -0.25) is 0 Å². The standard InChI is InChI=1S/C13H26/c1-4-7-11(2)8-5-6-9-13-10-12(13)3/h11-13H,4-10H2,1-3H3. The lowest BCUT2D eigenvalue weighted by molar-refractivity contribution is 0.449. The van der Waals surface area contributed by atoms with Crippen molar-refractivity contribution >= 4 is 0 Å². The van der Waals surface area contributed by atoms with Crippen molar-refractivity contribution in [2.45, 2.75) is 65.7 Å². The molecule has 1 rings (SSSR count). The summed E-state index contributed by atoms with van der Waals surface area (Å²) in [5, 5.41) is 0. The van der Waals surface area contributed by atoms with Gasteiger partial charge in [0.15, 0.2) is 0 Å². The molecule has 0 heterocycles. The maximum Gasteiger partial charge on any atom is -0.0386 e. The van der Waals surface area contributed by atoms with Crippen molar-refractivity contribution in [3.05, 3.63) is 0 Å². The highest BCUT2D eigenvalue weighted by Crippen LogP contribution is 2.41. The Hall–Kier alpha value is 0. The van der Waals surface area contributed by atoms with Gasteiger partial charge in [-0.15, -0.1) is 0 Å². The predicted molar refractivity (Wildman–Crippen MR) is 59.8 cm³/mol. The van der Waals surface area contributed by atoms with Crippen molar-refractivity contribution in [3.8, 4) is 0 Å². The van der Waals surface area contributed by atoms with Crippen LogP contribution in [0, 0.1) is 17.8 Å². The van der Waals surface area contributed by atoms with E-state index >= 15 is 0 Å². The third-order valence-corrected chi connectivity index (χ3v) is 3.58. The van der Waals surface area contributed by atoms with E-state index in [1.54, 1.807) is 0 Å². The molecule has 3 atom stereocenters. The van der Waals surface area contributed by atoms with Gasteiger partial charge in [-0.2, -0.15) is 0 Å². The first-order chi connectivity index (χ1) is 6.24. The van der Waals surface area contributed by atoms with Crippen molar-refractivity contribution in [2.75, 3.05) is 0 Å². The molecule has 0 saturated heterocycles. The van der Waals surface area contributed by atoms with E-state index in [0.29, 0.717) is 0 Å². The fourth-order valence-electron chi connectivity index (χ4n) is 2.34. The first-order valence-electron chi connectivity index (χ1n) is 6.24. The largest absolute Gasteiger partial charge is 0.0654 e. The molecule has 0 nitrogen and oxygen atoms in total. The second kappa shape index (κ2) is 5.67. The summed E-state index contributed by atoms with van der Waals surface area (Å²) < 4.78 is 0. The number of hydrogen-bond donors (Lipinski definition) is 0. The fraction of sp³-hybridized carbons (Fsp3) is 1.00. The van der Waals surface area contributed by atoms with Crippen molar-refractivity contribution in [3.63, 3.8) is 0 Å². The smallest absolute Gasteiger partial charge is 0.0386 e. The summed E-state index contributed by atoms with van der Waals surface area (Å²) in [6, 6.07) is 0. The number of rotatable bonds is 7. The molecule has 0 radical (unpaired) electrons. The summed E-state index contributed by atoms with van der Waals surface area (Å²) in [5.41, 5.74) is 0. The summed E-state index contributed by atoms with van der Waals surface area (Å²) in [4.78, 5) is 0. The minimum absolute atomic E-state index is 0.974. The molecule has 13 heavy (non-hydrogen) atoms. The van der Waals surface area contributed by atoms with Gasteiger partial charge in [0.1, 0.15) is 0 Å². The molecule has 3 unspecified atom stereocenters. The Bertz CT molecular complexity index is 128. The van der Waals surface area contributed by atoms with E-state index in [0.717, 1.165) is 17.8 Å². The zero-order valence-corrected chi connectivity index (χ0v) is 9.68. The van der Waals surface area contributed by atoms with Crippen LogP contribution in [0.5, 0.6) is 0 Å². The van der Waals surface area contributed by atoms with Crippen LogP contribution in [0.3, 0.4) is 0 Å². The SMILES string of the molecule is CCCC(C)CCCCC1CC1C. The van der Waals surface area contributed by atoms with E-state index in [1.807, 2.05) is 0 Å². The van der Waals surface area contributed by atoms with E-state index < -0.39 is 0 Å². The minimum atomic E-state index is 0.974. The Balaban J connectivity index is 1.83. The first kappa shape index (κ1) is 11.1. The lowest BCUT2D eigenvalue weighted by atomic mass is 9.98. The van der Waals surface area contributed by atoms with Crippen molar-refractivity contribution in [2.24, 2.45) is 17.8 Å². The van der Waals surface area contributed by atoms with Crippen LogP contribution in [0.15, 0.2) is 0 Å². The topological polar surface area (TPSA) is 0 Å². The zero-order valence-electron chi connectivity index (χ0n) is 9.68. The molecular weight excluding hydrogens is 156 g/mol. The normalized spacial score (nSPS) is 28.8. The number of hydrogen-bond acceptors (Lipinski definition) is 0. The molecule has 0 aromatic rings. The second-order valence-corrected chi connectivity index (χ2v) is 5.15. The molecule has 0 heteroatoms. The summed E-state index contributed by atoms with van der Waals surface area (Å²) in [5.74, 6) is 3.15. The third-order valence-electron chi connectivity index (χ3n) is 3.58. The van der Waals surface area contributed by atoms with Crippen molar-refractivity contribution in [1.29, 1.82) is 0 Å². The van der Waals surface area contributed by atoms with Gasteiger partial charge in [0, 0.05) is 0 Å². The predicted octanol–water partition coefficient (Wildman–Crippen LogP) is 4.64. The molecule has 0 aromatic carbocycles. The zero-order chi connectivity index (χ0) is 9.68. The van der Waals surface area contributed by atoms with Crippen LogP contribution < -0.4 is 0 Å². The lowest BCUT2D eigenvalue weighted by Crippen LogP contribution is -1.93. The highest BCUT2D eigenvalue weighted by atomic mass is 14.4. The first-order valence-corrected chi connectivity index (χ1v) is 6.24. The summed E-state index contributed by atoms with van der Waals surface area (Å²) >= 11 is 0. The van der Waals surface area contributed by atoms with Gasteiger partial charge in [-0.25, -0.2) is 0 Å². The van der Waals surface area contributed by atoms with E-state index in [9.17, 15) is 0 Å². The second-order valence-electron chi connectivity index (χ2n) is 5.15. The highest BCUT2D eigenvalue weighted by Gasteiger charge is 2.31. The van der Waals surface area contributed by atoms with E-state index in [1.165, 1.54) is 44.9 Å². The van der Waals surface area contributed by atoms with Crippen molar-refractivity contribution < 1.29 is 0 Å². The Kier molecular flexibility index (Phi) is 4.83. The molecule has 1 fully saturated rings. The molecule has 78 valence electrons. The molecule has 1 aliphatic rings. The van der Waals surface area contributed by atoms with Crippen LogP contribution >= 0.6 is 0 Å². The summed E-state index contributed by atoms with van der Waals surface area (Å²) in [6.07, 6.45) is 10.3. The number of unbranched alkanes of at least 4 members (excludes halogenated alkanes) is 1. The van der Waals surface area contributed by atoms with Crippen LogP contribution in [0.4, 0.5) is 0 Å². The molecule has 0 spiro atoms. The van der Waals surface area contributed by atoms with Gasteiger partial charge in [-0.1, -0.05) is 59.3 Å². The van der Waals surface area contributed by atoms with Gasteiger partial charge in [-0.05, 0) is 24.2 Å². The molecule has 1 saturated carbocycles. The van der Waals surface area contributed by atoms with Crippen LogP contribution in [0.2, 0.25) is 0 Å². The summed E-state index contributed by atoms with van der Waals surface area (Å²) in [6.45, 7) is 7.09. The van der Waals surface area contributed by atoms with Crippen LogP contribution in [0.1, 0.15) is 65.7 Å². The molecular formula is C13H26. The average molecular weight is 182 g/mol. The van der Waals surface area contributed by atoms with Crippen LogP contribution in [0.25, 0.3) is 0 Å². The van der Waals surface area contributed by atoms with Gasteiger partial charge < -0.3 is 0 Å². The Morgan fingerprint density at radius 1 is 1.23 bits per heavy atom. The Labute approximate surface area is 84.1 Å². The molecule has 0 N–H and O–H groups in total. The van der Waals surface area contributed by atoms with Gasteiger partial charge >= 0.3 is 0 Å². The Morgan fingerprint density at radius 2 is 1.92 bits per heavy atom.